The zero-order valence-electron chi connectivity index (χ0n) is 23.9. The number of pyridine rings is 1. The van der Waals surface area contributed by atoms with Crippen LogP contribution in [0.2, 0.25) is 0 Å². The van der Waals surface area contributed by atoms with Gasteiger partial charge in [-0.2, -0.15) is 0 Å². The highest BCUT2D eigenvalue weighted by molar-refractivity contribution is 8.76. The predicted octanol–water partition coefficient (Wildman–Crippen LogP) is 1.37. The van der Waals surface area contributed by atoms with E-state index < -0.39 is 72.6 Å². The normalized spacial score (nSPS) is 17.0. The van der Waals surface area contributed by atoms with E-state index in [-0.39, 0.29) is 37.3 Å². The van der Waals surface area contributed by atoms with Gasteiger partial charge < -0.3 is 30.7 Å². The molecule has 1 aromatic heterocycles. The number of amides is 4. The van der Waals surface area contributed by atoms with Gasteiger partial charge in [0.05, 0.1) is 18.8 Å². The van der Waals surface area contributed by atoms with Gasteiger partial charge in [0.1, 0.15) is 18.7 Å². The second-order valence-corrected chi connectivity index (χ2v) is 12.4. The lowest BCUT2D eigenvalue weighted by molar-refractivity contribution is -0.141. The number of likely N-dealkylation sites (tertiary alicyclic amines) is 1. The highest BCUT2D eigenvalue weighted by Gasteiger charge is 2.45. The van der Waals surface area contributed by atoms with E-state index in [1.54, 1.807) is 0 Å². The molecule has 4 amide bonds. The quantitative estimate of drug-likeness (QED) is 0.115. The zero-order valence-corrected chi connectivity index (χ0v) is 25.5. The van der Waals surface area contributed by atoms with Crippen LogP contribution in [0.1, 0.15) is 56.1 Å². The minimum Gasteiger partial charge on any atom is -0.480 e. The van der Waals surface area contributed by atoms with Crippen LogP contribution in [0.3, 0.4) is 0 Å². The van der Waals surface area contributed by atoms with Crippen LogP contribution in [0.15, 0.2) is 18.3 Å². The number of carbonyl (C=O) groups is 6. The molecule has 0 aromatic carbocycles. The van der Waals surface area contributed by atoms with Crippen LogP contribution in [0.4, 0.5) is 8.78 Å². The Balaban J connectivity index is 1.76. The van der Waals surface area contributed by atoms with Crippen molar-refractivity contribution < 1.29 is 47.4 Å². The lowest BCUT2D eigenvalue weighted by Crippen LogP contribution is -2.48. The molecule has 17 heteroatoms. The molecule has 1 unspecified atom stereocenters. The number of ether oxygens (including phenoxy) is 1. The monoisotopic (exact) mass is 647 g/mol. The molecule has 0 spiro atoms. The standard InChI is InChI=1S/C26H35F2N5O8S2/c1-15-11-26(27,28)14-33(15)24(38)16(2)31-23(37)18-6-7-29-19(10-18)12-30-21(35)4-5-22(36)32-20(25(39)40)13-43-42-9-8-41-17(3)34/h6-7,10,15-16,20H,4-5,8-9,11-14H2,1-3H3,(H,30,35)(H,31,37)(H,32,36)(H,39,40)/t15-,16-,20?/m1/s1. The first-order valence-corrected chi connectivity index (χ1v) is 15.8. The summed E-state index contributed by atoms with van der Waals surface area (Å²) in [6.07, 6.45) is 0.406. The number of carbonyl (C=O) groups excluding carboxylic acids is 5. The third kappa shape index (κ3) is 12.7. The van der Waals surface area contributed by atoms with Gasteiger partial charge in [-0.1, -0.05) is 21.6 Å². The molecule has 1 saturated heterocycles. The van der Waals surface area contributed by atoms with Crippen LogP contribution < -0.4 is 16.0 Å². The van der Waals surface area contributed by atoms with Crippen molar-refractivity contribution in [2.24, 2.45) is 0 Å². The Kier molecular flexibility index (Phi) is 14.1. The highest BCUT2D eigenvalue weighted by Crippen LogP contribution is 2.32. The molecule has 238 valence electrons. The summed E-state index contributed by atoms with van der Waals surface area (Å²) < 4.78 is 32.1. The molecule has 4 N–H and O–H groups in total. The van der Waals surface area contributed by atoms with Crippen molar-refractivity contribution in [1.29, 1.82) is 0 Å². The van der Waals surface area contributed by atoms with Crippen molar-refractivity contribution >= 4 is 57.2 Å². The van der Waals surface area contributed by atoms with E-state index in [9.17, 15) is 42.7 Å². The maximum atomic E-state index is 13.7. The average Bonchev–Trinajstić information content (AvgIpc) is 3.22. The van der Waals surface area contributed by atoms with Crippen LogP contribution in [-0.2, 0) is 35.3 Å². The number of carboxylic acid groups (broad SMARTS) is 1. The van der Waals surface area contributed by atoms with Crippen LogP contribution in [0.5, 0.6) is 0 Å². The predicted molar refractivity (Wildman–Crippen MR) is 154 cm³/mol. The molecule has 0 bridgehead atoms. The van der Waals surface area contributed by atoms with Gasteiger partial charge in [-0.25, -0.2) is 13.6 Å². The number of alkyl halides is 2. The van der Waals surface area contributed by atoms with Crippen molar-refractivity contribution in [2.75, 3.05) is 24.7 Å². The molecule has 3 atom stereocenters. The maximum absolute atomic E-state index is 13.7. The van der Waals surface area contributed by atoms with Gasteiger partial charge in [-0.05, 0) is 26.0 Å². The molecule has 0 radical (unpaired) electrons. The number of esters is 1. The highest BCUT2D eigenvalue weighted by atomic mass is 33.1. The number of aromatic nitrogens is 1. The second kappa shape index (κ2) is 17.0. The minimum absolute atomic E-state index is 0.0633. The molecule has 13 nitrogen and oxygen atoms in total. The molecule has 1 aliphatic rings. The van der Waals surface area contributed by atoms with Gasteiger partial charge >= 0.3 is 11.9 Å². The molecular formula is C26H35F2N5O8S2. The number of carboxylic acids is 1. The van der Waals surface area contributed by atoms with E-state index in [2.05, 4.69) is 20.9 Å². The Morgan fingerprint density at radius 2 is 1.86 bits per heavy atom. The summed E-state index contributed by atoms with van der Waals surface area (Å²) >= 11 is 0. The first kappa shape index (κ1) is 35.7. The number of nitrogens with zero attached hydrogens (tertiary/aromatic N) is 2. The summed E-state index contributed by atoms with van der Waals surface area (Å²) in [7, 11) is 2.49. The largest absolute Gasteiger partial charge is 0.480 e. The minimum atomic E-state index is -2.97. The molecule has 1 aliphatic heterocycles. The van der Waals surface area contributed by atoms with Gasteiger partial charge in [0, 0.05) is 55.5 Å². The van der Waals surface area contributed by atoms with Gasteiger partial charge in [0.25, 0.3) is 11.8 Å². The number of aliphatic carboxylic acids is 1. The maximum Gasteiger partial charge on any atom is 0.327 e. The van der Waals surface area contributed by atoms with Crippen molar-refractivity contribution in [2.45, 2.75) is 70.6 Å². The third-order valence-corrected chi connectivity index (χ3v) is 8.45. The summed E-state index contributed by atoms with van der Waals surface area (Å²) in [5.41, 5.74) is 0.451. The van der Waals surface area contributed by atoms with Gasteiger partial charge in [0.2, 0.25) is 17.7 Å². The molecule has 2 heterocycles. The van der Waals surface area contributed by atoms with E-state index in [0.717, 1.165) is 4.90 Å². The molecule has 2 rings (SSSR count). The summed E-state index contributed by atoms with van der Waals surface area (Å²) in [6, 6.07) is -0.0818. The Morgan fingerprint density at radius 1 is 1.16 bits per heavy atom. The van der Waals surface area contributed by atoms with Crippen molar-refractivity contribution in [3.05, 3.63) is 29.6 Å². The fourth-order valence-electron chi connectivity index (χ4n) is 3.95. The number of rotatable bonds is 16. The van der Waals surface area contributed by atoms with E-state index in [1.165, 1.54) is 60.7 Å². The Bertz CT molecular complexity index is 1190. The summed E-state index contributed by atoms with van der Waals surface area (Å²) in [4.78, 5) is 77.0. The SMILES string of the molecule is CC(=O)OCCSSCC(NC(=O)CCC(=O)NCc1cc(C(=O)N[C@H](C)C(=O)N2CC(F)(F)C[C@H]2C)ccn1)C(=O)O. The average molecular weight is 648 g/mol. The lowest BCUT2D eigenvalue weighted by atomic mass is 10.2. The van der Waals surface area contributed by atoms with E-state index >= 15 is 0 Å². The third-order valence-electron chi connectivity index (χ3n) is 6.08. The Hall–Kier alpha value is -3.47. The van der Waals surface area contributed by atoms with Gasteiger partial charge in [-0.15, -0.1) is 0 Å². The number of halogens is 2. The number of nitrogens with one attached hydrogen (secondary N) is 3. The summed E-state index contributed by atoms with van der Waals surface area (Å²) in [5, 5.41) is 16.8. The Labute approximate surface area is 255 Å². The van der Waals surface area contributed by atoms with E-state index in [4.69, 9.17) is 4.74 Å². The topological polar surface area (TPSA) is 184 Å². The van der Waals surface area contributed by atoms with Crippen molar-refractivity contribution in [1.82, 2.24) is 25.8 Å². The van der Waals surface area contributed by atoms with Crippen LogP contribution in [0, 0.1) is 0 Å². The first-order chi connectivity index (χ1) is 20.2. The molecule has 43 heavy (non-hydrogen) atoms. The molecule has 0 aliphatic carbocycles. The second-order valence-electron chi connectivity index (χ2n) is 9.79. The van der Waals surface area contributed by atoms with Crippen LogP contribution in [0.25, 0.3) is 0 Å². The first-order valence-electron chi connectivity index (χ1n) is 13.3. The number of hydrogen-bond donors (Lipinski definition) is 4. The summed E-state index contributed by atoms with van der Waals surface area (Å²) in [6.45, 7) is 3.62. The van der Waals surface area contributed by atoms with Crippen LogP contribution in [-0.4, -0.2) is 99.3 Å². The van der Waals surface area contributed by atoms with Crippen molar-refractivity contribution in [3.8, 4) is 0 Å². The van der Waals surface area contributed by atoms with Crippen molar-refractivity contribution in [3.63, 3.8) is 0 Å². The summed E-state index contributed by atoms with van der Waals surface area (Å²) in [5.74, 6) is -6.48. The molecule has 1 fully saturated rings. The smallest absolute Gasteiger partial charge is 0.327 e. The van der Waals surface area contributed by atoms with Gasteiger partial charge in [0.15, 0.2) is 0 Å². The fourth-order valence-corrected chi connectivity index (χ4v) is 5.94. The van der Waals surface area contributed by atoms with Gasteiger partial charge in [-0.3, -0.25) is 29.0 Å². The molecular weight excluding hydrogens is 612 g/mol. The van der Waals surface area contributed by atoms with E-state index in [0.29, 0.717) is 11.4 Å². The number of hydrogen-bond acceptors (Lipinski definition) is 10. The molecule has 1 aromatic rings. The fraction of sp³-hybridized carbons (Fsp3) is 0.577. The zero-order chi connectivity index (χ0) is 32.2. The van der Waals surface area contributed by atoms with E-state index in [1.807, 2.05) is 0 Å². The lowest BCUT2D eigenvalue weighted by Gasteiger charge is -2.25. The Morgan fingerprint density at radius 3 is 2.49 bits per heavy atom. The van der Waals surface area contributed by atoms with Crippen LogP contribution >= 0.6 is 21.6 Å². The molecule has 0 saturated carbocycles.